The summed E-state index contributed by atoms with van der Waals surface area (Å²) in [4.78, 5) is 8.98. The van der Waals surface area contributed by atoms with Gasteiger partial charge in [0.15, 0.2) is 11.6 Å². The summed E-state index contributed by atoms with van der Waals surface area (Å²) < 4.78 is 3.84. The fraction of sp³-hybridized carbons (Fsp3) is 0.240. The van der Waals surface area contributed by atoms with E-state index in [0.717, 1.165) is 41.0 Å². The Morgan fingerprint density at radius 3 is 2.62 bits per heavy atom. The van der Waals surface area contributed by atoms with Gasteiger partial charge >= 0.3 is 0 Å². The van der Waals surface area contributed by atoms with Crippen LogP contribution in [0.1, 0.15) is 46.9 Å². The molecule has 0 amide bonds. The molecular weight excluding hydrogens is 422 g/mol. The molecule has 2 aromatic heterocycles. The van der Waals surface area contributed by atoms with Gasteiger partial charge in [0.05, 0.1) is 12.0 Å². The van der Waals surface area contributed by atoms with E-state index in [0.29, 0.717) is 23.1 Å². The summed E-state index contributed by atoms with van der Waals surface area (Å²) in [6.07, 6.45) is 9.16. The van der Waals surface area contributed by atoms with Crippen molar-refractivity contribution in [3.8, 4) is 5.69 Å². The van der Waals surface area contributed by atoms with Crippen LogP contribution in [0.15, 0.2) is 55.0 Å². The van der Waals surface area contributed by atoms with E-state index >= 15 is 0 Å². The van der Waals surface area contributed by atoms with Crippen LogP contribution in [0.25, 0.3) is 17.8 Å². The van der Waals surface area contributed by atoms with Crippen LogP contribution in [0, 0.1) is 13.8 Å². The molecule has 5 rings (SSSR count). The first-order valence-electron chi connectivity index (χ1n) is 10.7. The molecule has 32 heavy (non-hydrogen) atoms. The molecule has 0 saturated carbocycles. The number of hydrogen-bond donors (Lipinski definition) is 1. The van der Waals surface area contributed by atoms with Gasteiger partial charge in [-0.1, -0.05) is 35.9 Å². The highest BCUT2D eigenvalue weighted by Crippen LogP contribution is 2.37. The second kappa shape index (κ2) is 8.04. The van der Waals surface area contributed by atoms with E-state index in [1.807, 2.05) is 53.0 Å². The molecule has 0 spiro atoms. The maximum atomic E-state index is 11.5. The number of aliphatic hydroxyl groups is 1. The molecule has 1 aliphatic rings. The van der Waals surface area contributed by atoms with E-state index in [1.54, 1.807) is 12.1 Å². The predicted octanol–water partition coefficient (Wildman–Crippen LogP) is 4.93. The maximum Gasteiger partial charge on any atom is 0.174 e. The molecule has 2 aromatic carbocycles. The third-order valence-electron chi connectivity index (χ3n) is 5.92. The zero-order valence-electron chi connectivity index (χ0n) is 18.0. The van der Waals surface area contributed by atoms with Crippen molar-refractivity contribution in [2.24, 2.45) is 0 Å². The Hall–Kier alpha value is -3.22. The van der Waals surface area contributed by atoms with E-state index < -0.39 is 5.60 Å². The van der Waals surface area contributed by atoms with Gasteiger partial charge in [-0.25, -0.2) is 14.6 Å². The Bertz CT molecular complexity index is 1300. The zero-order chi connectivity index (χ0) is 22.3. The third kappa shape index (κ3) is 3.76. The molecule has 0 saturated heterocycles. The van der Waals surface area contributed by atoms with Crippen molar-refractivity contribution >= 4 is 23.8 Å². The second-order valence-electron chi connectivity index (χ2n) is 8.29. The Morgan fingerprint density at radius 2 is 1.91 bits per heavy atom. The number of hydrogen-bond acceptors (Lipinski definition) is 4. The van der Waals surface area contributed by atoms with E-state index in [2.05, 4.69) is 40.2 Å². The minimum Gasteiger partial charge on any atom is -0.377 e. The molecule has 3 heterocycles. The zero-order valence-corrected chi connectivity index (χ0v) is 18.8. The lowest BCUT2D eigenvalue weighted by Gasteiger charge is -2.31. The number of imidazole rings is 1. The molecular formula is C25H24ClN5O. The van der Waals surface area contributed by atoms with Crippen LogP contribution in [0.4, 0.5) is 0 Å². The number of halogens is 1. The molecule has 7 heteroatoms. The molecule has 1 atom stereocenters. The molecule has 0 fully saturated rings. The average Bonchev–Trinajstić information content (AvgIpc) is 3.40. The van der Waals surface area contributed by atoms with Gasteiger partial charge in [0.25, 0.3) is 0 Å². The van der Waals surface area contributed by atoms with Crippen molar-refractivity contribution in [1.82, 2.24) is 24.3 Å². The molecule has 1 N–H and O–H groups in total. The van der Waals surface area contributed by atoms with Crippen molar-refractivity contribution in [3.05, 3.63) is 94.0 Å². The van der Waals surface area contributed by atoms with Gasteiger partial charge in [0.2, 0.25) is 0 Å². The summed E-state index contributed by atoms with van der Waals surface area (Å²) in [6, 6.07) is 13.6. The Balaban J connectivity index is 1.42. The van der Waals surface area contributed by atoms with Crippen LogP contribution in [0.2, 0.25) is 5.02 Å². The van der Waals surface area contributed by atoms with Gasteiger partial charge in [-0.05, 0) is 73.7 Å². The number of aryl methyl sites for hydroxylation is 3. The van der Waals surface area contributed by atoms with E-state index in [-0.39, 0.29) is 0 Å². The van der Waals surface area contributed by atoms with Gasteiger partial charge in [-0.15, -0.1) is 0 Å². The van der Waals surface area contributed by atoms with E-state index in [4.69, 9.17) is 11.6 Å². The van der Waals surface area contributed by atoms with Gasteiger partial charge in [0, 0.05) is 23.5 Å². The highest BCUT2D eigenvalue weighted by molar-refractivity contribution is 6.30. The molecule has 0 bridgehead atoms. The van der Waals surface area contributed by atoms with Crippen LogP contribution in [-0.4, -0.2) is 29.4 Å². The summed E-state index contributed by atoms with van der Waals surface area (Å²) in [5, 5.41) is 16.7. The van der Waals surface area contributed by atoms with Crippen molar-refractivity contribution < 1.29 is 5.11 Å². The summed E-state index contributed by atoms with van der Waals surface area (Å²) in [7, 11) is 0. The van der Waals surface area contributed by atoms with Crippen LogP contribution in [-0.2, 0) is 12.1 Å². The lowest BCUT2D eigenvalue weighted by atomic mass is 9.86. The molecule has 162 valence electrons. The summed E-state index contributed by atoms with van der Waals surface area (Å²) in [5.41, 5.74) is 3.92. The summed E-state index contributed by atoms with van der Waals surface area (Å²) in [5.74, 6) is 1.16. The van der Waals surface area contributed by atoms with E-state index in [1.165, 1.54) is 0 Å². The predicted molar refractivity (Wildman–Crippen MR) is 126 cm³/mol. The first-order valence-corrected chi connectivity index (χ1v) is 11.0. The van der Waals surface area contributed by atoms with Gasteiger partial charge in [-0.2, -0.15) is 5.10 Å². The lowest BCUT2D eigenvalue weighted by molar-refractivity contribution is 0.0395. The molecule has 1 aliphatic heterocycles. The second-order valence-corrected chi connectivity index (χ2v) is 8.73. The Labute approximate surface area is 191 Å². The molecule has 0 aliphatic carbocycles. The van der Waals surface area contributed by atoms with Gasteiger partial charge in [0.1, 0.15) is 5.60 Å². The monoisotopic (exact) mass is 445 g/mol. The number of rotatable bonds is 4. The average molecular weight is 446 g/mol. The molecule has 6 nitrogen and oxygen atoms in total. The highest BCUT2D eigenvalue weighted by Gasteiger charge is 2.39. The van der Waals surface area contributed by atoms with Gasteiger partial charge in [-0.3, -0.25) is 0 Å². The first-order chi connectivity index (χ1) is 15.4. The fourth-order valence-electron chi connectivity index (χ4n) is 4.28. The first kappa shape index (κ1) is 20.7. The Morgan fingerprint density at radius 1 is 1.09 bits per heavy atom. The van der Waals surface area contributed by atoms with Crippen molar-refractivity contribution in [2.45, 2.75) is 38.8 Å². The van der Waals surface area contributed by atoms with Crippen LogP contribution in [0.3, 0.4) is 0 Å². The number of aromatic nitrogens is 5. The minimum atomic E-state index is -1.16. The molecule has 0 radical (unpaired) electrons. The SMILES string of the molecule is Cc1cn(-c2ccc(/C=C/c3nc4n(n3)CCC[C@]4(O)c3ccc(Cl)cc3)cc2C)cn1. The van der Waals surface area contributed by atoms with Crippen molar-refractivity contribution in [1.29, 1.82) is 0 Å². The largest absolute Gasteiger partial charge is 0.377 e. The standard InChI is InChI=1S/C25H24ClN5O/c1-17-14-19(4-10-22(17)30-15-18(2)27-16-30)5-11-23-28-24-25(32,12-3-13-31(24)29-23)20-6-8-21(26)9-7-20/h4-11,14-16,32H,3,12-13H2,1-2H3/b11-5+/t25-/m0/s1. The van der Waals surface area contributed by atoms with Crippen molar-refractivity contribution in [3.63, 3.8) is 0 Å². The lowest BCUT2D eigenvalue weighted by Crippen LogP contribution is -2.35. The van der Waals surface area contributed by atoms with Gasteiger partial charge < -0.3 is 9.67 Å². The normalized spacial score (nSPS) is 18.2. The maximum absolute atomic E-state index is 11.5. The van der Waals surface area contributed by atoms with E-state index in [9.17, 15) is 5.11 Å². The topological polar surface area (TPSA) is 68.8 Å². The highest BCUT2D eigenvalue weighted by atomic mass is 35.5. The Kier molecular flexibility index (Phi) is 5.19. The number of benzene rings is 2. The minimum absolute atomic E-state index is 0.577. The molecule has 4 aromatic rings. The molecule has 0 unspecified atom stereocenters. The quantitative estimate of drug-likeness (QED) is 0.483. The van der Waals surface area contributed by atoms with Crippen molar-refractivity contribution in [2.75, 3.05) is 0 Å². The fourth-order valence-corrected chi connectivity index (χ4v) is 4.41. The van der Waals surface area contributed by atoms with Crippen LogP contribution in [0.5, 0.6) is 0 Å². The number of nitrogens with zero attached hydrogens (tertiary/aromatic N) is 5. The smallest absolute Gasteiger partial charge is 0.174 e. The summed E-state index contributed by atoms with van der Waals surface area (Å²) >= 11 is 6.03. The van der Waals surface area contributed by atoms with Crippen LogP contribution < -0.4 is 0 Å². The van der Waals surface area contributed by atoms with Crippen LogP contribution >= 0.6 is 11.6 Å². The number of fused-ring (bicyclic) bond motifs is 1. The third-order valence-corrected chi connectivity index (χ3v) is 6.18. The summed E-state index contributed by atoms with van der Waals surface area (Å²) in [6.45, 7) is 4.81.